The molecule has 0 saturated carbocycles. The molecule has 1 aromatic heterocycles. The second-order valence-electron chi connectivity index (χ2n) is 3.21. The van der Waals surface area contributed by atoms with E-state index in [4.69, 9.17) is 10.9 Å². The molecule has 9 heteroatoms. The molecule has 0 amide bonds. The van der Waals surface area contributed by atoms with E-state index in [1.165, 1.54) is 18.0 Å². The molecule has 0 saturated heterocycles. The minimum atomic E-state index is -3.01. The van der Waals surface area contributed by atoms with Crippen molar-refractivity contribution in [3.63, 3.8) is 0 Å². The van der Waals surface area contributed by atoms with Gasteiger partial charge in [0.1, 0.15) is 14.9 Å². The summed E-state index contributed by atoms with van der Waals surface area (Å²) in [6, 6.07) is 1.55. The first-order valence-corrected chi connectivity index (χ1v) is 7.59. The van der Waals surface area contributed by atoms with Crippen LogP contribution in [0.25, 0.3) is 0 Å². The van der Waals surface area contributed by atoms with Crippen molar-refractivity contribution in [3.8, 4) is 0 Å². The van der Waals surface area contributed by atoms with Gasteiger partial charge in [0.05, 0.1) is 17.5 Å². The maximum Gasteiger partial charge on any atom is 0.172 e. The molecular formula is C8H12N4O3S2. The molecular weight excluding hydrogens is 264 g/mol. The van der Waals surface area contributed by atoms with Crippen LogP contribution in [-0.2, 0) is 9.84 Å². The van der Waals surface area contributed by atoms with Gasteiger partial charge in [0, 0.05) is 12.0 Å². The fraction of sp³-hybridized carbons (Fsp3) is 0.375. The van der Waals surface area contributed by atoms with Crippen LogP contribution >= 0.6 is 11.8 Å². The monoisotopic (exact) mass is 276 g/mol. The molecule has 0 aromatic carbocycles. The van der Waals surface area contributed by atoms with Crippen LogP contribution in [0.5, 0.6) is 0 Å². The van der Waals surface area contributed by atoms with Gasteiger partial charge in [0.15, 0.2) is 5.84 Å². The summed E-state index contributed by atoms with van der Waals surface area (Å²) in [6.45, 7) is 0. The van der Waals surface area contributed by atoms with E-state index in [0.717, 1.165) is 6.26 Å². The molecule has 0 bridgehead atoms. The molecule has 94 valence electrons. The topological polar surface area (TPSA) is 119 Å². The Balaban J connectivity index is 2.78. The highest BCUT2D eigenvalue weighted by Gasteiger charge is 2.10. The Morgan fingerprint density at radius 2 is 2.35 bits per heavy atom. The number of nitrogens with zero attached hydrogens (tertiary/aromatic N) is 3. The van der Waals surface area contributed by atoms with Gasteiger partial charge in [0.25, 0.3) is 0 Å². The number of nitrogens with two attached hydrogens (primary N) is 1. The molecule has 0 fully saturated rings. The molecule has 3 N–H and O–H groups in total. The number of amidine groups is 1. The fourth-order valence-corrected chi connectivity index (χ4v) is 3.13. The molecule has 7 nitrogen and oxygen atoms in total. The van der Waals surface area contributed by atoms with Crippen molar-refractivity contribution in [2.45, 2.75) is 5.03 Å². The summed E-state index contributed by atoms with van der Waals surface area (Å²) in [7, 11) is -3.01. The molecule has 0 radical (unpaired) electrons. The van der Waals surface area contributed by atoms with Crippen LogP contribution in [0.2, 0.25) is 0 Å². The van der Waals surface area contributed by atoms with Crippen molar-refractivity contribution in [1.29, 1.82) is 0 Å². The lowest BCUT2D eigenvalue weighted by molar-refractivity contribution is 0.318. The summed E-state index contributed by atoms with van der Waals surface area (Å²) >= 11 is 1.19. The van der Waals surface area contributed by atoms with Gasteiger partial charge in [-0.15, -0.1) is 16.9 Å². The predicted octanol–water partition coefficient (Wildman–Crippen LogP) is -0.292. The second kappa shape index (κ2) is 5.82. The average Bonchev–Trinajstić information content (AvgIpc) is 2.27. The van der Waals surface area contributed by atoms with Crippen molar-refractivity contribution >= 4 is 27.4 Å². The Morgan fingerprint density at radius 1 is 1.65 bits per heavy atom. The van der Waals surface area contributed by atoms with E-state index in [1.807, 2.05) is 0 Å². The van der Waals surface area contributed by atoms with Crippen LogP contribution in [0.1, 0.15) is 5.56 Å². The number of hydrogen-bond acceptors (Lipinski definition) is 7. The maximum atomic E-state index is 11.0. The predicted molar refractivity (Wildman–Crippen MR) is 65.0 cm³/mol. The number of thioether (sulfide) groups is 1. The smallest absolute Gasteiger partial charge is 0.172 e. The van der Waals surface area contributed by atoms with Crippen LogP contribution < -0.4 is 5.73 Å². The van der Waals surface area contributed by atoms with Crippen LogP contribution in [-0.4, -0.2) is 47.4 Å². The van der Waals surface area contributed by atoms with Crippen molar-refractivity contribution in [1.82, 2.24) is 10.2 Å². The molecule has 1 aromatic rings. The highest BCUT2D eigenvalue weighted by Crippen LogP contribution is 2.19. The first-order chi connectivity index (χ1) is 7.94. The van der Waals surface area contributed by atoms with Crippen molar-refractivity contribution < 1.29 is 13.6 Å². The first-order valence-electron chi connectivity index (χ1n) is 4.54. The van der Waals surface area contributed by atoms with Crippen LogP contribution in [0, 0.1) is 0 Å². The average molecular weight is 276 g/mol. The summed E-state index contributed by atoms with van der Waals surface area (Å²) in [6.07, 6.45) is 2.57. The van der Waals surface area contributed by atoms with E-state index in [-0.39, 0.29) is 11.6 Å². The highest BCUT2D eigenvalue weighted by molar-refractivity contribution is 8.00. The largest absolute Gasteiger partial charge is 0.409 e. The molecule has 1 heterocycles. The summed E-state index contributed by atoms with van der Waals surface area (Å²) in [5, 5.41) is 19.4. The molecule has 0 aliphatic rings. The minimum absolute atomic E-state index is 0.0316. The van der Waals surface area contributed by atoms with Crippen LogP contribution in [0.15, 0.2) is 22.4 Å². The Morgan fingerprint density at radius 3 is 2.94 bits per heavy atom. The number of oxime groups is 1. The standard InChI is InChI=1S/C8H12N4O3S2/c1-17(14,15)5-4-16-8-6(7(9)12-13)2-3-10-11-8/h2-3,13H,4-5H2,1H3,(H2,9,12). The normalized spacial score (nSPS) is 12.6. The van der Waals surface area contributed by atoms with Crippen LogP contribution in [0.4, 0.5) is 0 Å². The summed E-state index contributed by atoms with van der Waals surface area (Å²) in [5.74, 6) is 0.286. The lowest BCUT2D eigenvalue weighted by atomic mass is 10.3. The Kier molecular flexibility index (Phi) is 4.70. The Bertz CT molecular complexity index is 515. The molecule has 0 aliphatic heterocycles. The van der Waals surface area contributed by atoms with Crippen molar-refractivity contribution in [2.24, 2.45) is 10.9 Å². The Hall–Kier alpha value is -1.35. The van der Waals surface area contributed by atoms with Gasteiger partial charge >= 0.3 is 0 Å². The lowest BCUT2D eigenvalue weighted by Gasteiger charge is -2.04. The van der Waals surface area contributed by atoms with Gasteiger partial charge in [-0.3, -0.25) is 0 Å². The van der Waals surface area contributed by atoms with E-state index >= 15 is 0 Å². The maximum absolute atomic E-state index is 11.0. The van der Waals surface area contributed by atoms with Crippen molar-refractivity contribution in [2.75, 3.05) is 17.8 Å². The lowest BCUT2D eigenvalue weighted by Crippen LogP contribution is -2.15. The summed E-state index contributed by atoms with van der Waals surface area (Å²) in [4.78, 5) is 0. The zero-order chi connectivity index (χ0) is 12.9. The van der Waals surface area contributed by atoms with E-state index in [2.05, 4.69) is 15.4 Å². The van der Waals surface area contributed by atoms with Gasteiger partial charge in [-0.25, -0.2) is 8.42 Å². The van der Waals surface area contributed by atoms with E-state index in [0.29, 0.717) is 16.3 Å². The third-order valence-electron chi connectivity index (χ3n) is 1.76. The summed E-state index contributed by atoms with van der Waals surface area (Å²) in [5.41, 5.74) is 5.88. The van der Waals surface area contributed by atoms with Crippen molar-refractivity contribution in [3.05, 3.63) is 17.8 Å². The zero-order valence-corrected chi connectivity index (χ0v) is 10.7. The molecule has 1 rings (SSSR count). The third kappa shape index (κ3) is 4.57. The molecule has 0 atom stereocenters. The SMILES string of the molecule is CS(=O)(=O)CCSc1nnccc1/C(N)=N/O. The number of aromatic nitrogens is 2. The number of rotatable bonds is 5. The highest BCUT2D eigenvalue weighted by atomic mass is 32.2. The zero-order valence-electron chi connectivity index (χ0n) is 9.07. The Labute approximate surface area is 103 Å². The first kappa shape index (κ1) is 13.7. The molecule has 0 spiro atoms. The molecule has 0 unspecified atom stereocenters. The quantitative estimate of drug-likeness (QED) is 0.249. The number of sulfone groups is 1. The molecule has 17 heavy (non-hydrogen) atoms. The molecule has 0 aliphatic carbocycles. The third-order valence-corrected chi connectivity index (χ3v) is 3.95. The second-order valence-corrected chi connectivity index (χ2v) is 6.56. The van der Waals surface area contributed by atoms with E-state index < -0.39 is 9.84 Å². The fourth-order valence-electron chi connectivity index (χ4n) is 0.964. The number of hydrogen-bond donors (Lipinski definition) is 2. The van der Waals surface area contributed by atoms with Gasteiger partial charge in [-0.05, 0) is 6.07 Å². The van der Waals surface area contributed by atoms with E-state index in [1.54, 1.807) is 6.07 Å². The van der Waals surface area contributed by atoms with Gasteiger partial charge in [-0.2, -0.15) is 5.10 Å². The van der Waals surface area contributed by atoms with Gasteiger partial charge in [-0.1, -0.05) is 5.16 Å². The van der Waals surface area contributed by atoms with Crippen LogP contribution in [0.3, 0.4) is 0 Å². The minimum Gasteiger partial charge on any atom is -0.409 e. The van der Waals surface area contributed by atoms with E-state index in [9.17, 15) is 8.42 Å². The summed E-state index contributed by atoms with van der Waals surface area (Å²) < 4.78 is 21.9. The van der Waals surface area contributed by atoms with Gasteiger partial charge in [0.2, 0.25) is 0 Å². The van der Waals surface area contributed by atoms with Gasteiger partial charge < -0.3 is 10.9 Å².